The highest BCUT2D eigenvalue weighted by molar-refractivity contribution is 6.35. The minimum Gasteiger partial charge on any atom is -0.477 e. The second-order valence-electron chi connectivity index (χ2n) is 6.17. The van der Waals surface area contributed by atoms with E-state index < -0.39 is 24.1 Å². The maximum Gasteiger partial charge on any atom is 0.347 e. The van der Waals surface area contributed by atoms with Crippen LogP contribution in [0.5, 0.6) is 5.75 Å². The van der Waals surface area contributed by atoms with Gasteiger partial charge in [0.1, 0.15) is 5.75 Å². The van der Waals surface area contributed by atoms with Gasteiger partial charge in [-0.15, -0.1) is 0 Å². The molecule has 0 heterocycles. The maximum atomic E-state index is 12.4. The number of anilines is 1. The van der Waals surface area contributed by atoms with Gasteiger partial charge in [0.25, 0.3) is 5.91 Å². The molecule has 0 saturated heterocycles. The first kappa shape index (κ1) is 21.1. The Labute approximate surface area is 168 Å². The smallest absolute Gasteiger partial charge is 0.347 e. The zero-order valence-corrected chi connectivity index (χ0v) is 17.0. The number of hydrogen-bond donors (Lipinski definition) is 1. The molecule has 144 valence electrons. The van der Waals surface area contributed by atoms with Crippen molar-refractivity contribution in [3.8, 4) is 5.75 Å². The summed E-state index contributed by atoms with van der Waals surface area (Å²) in [7, 11) is 0. The first-order valence-electron chi connectivity index (χ1n) is 8.38. The molecule has 1 amide bonds. The molecule has 0 spiro atoms. The first-order chi connectivity index (χ1) is 12.7. The Morgan fingerprint density at radius 2 is 1.63 bits per heavy atom. The predicted molar refractivity (Wildman–Crippen MR) is 107 cm³/mol. The van der Waals surface area contributed by atoms with Crippen molar-refractivity contribution in [1.82, 2.24) is 0 Å². The quantitative estimate of drug-likeness (QED) is 0.685. The molecule has 0 aromatic heterocycles. The van der Waals surface area contributed by atoms with Crippen molar-refractivity contribution in [1.29, 1.82) is 0 Å². The average Bonchev–Trinajstić information content (AvgIpc) is 2.60. The van der Waals surface area contributed by atoms with Crippen LogP contribution in [0.1, 0.15) is 25.0 Å². The first-order valence-corrected chi connectivity index (χ1v) is 9.14. The van der Waals surface area contributed by atoms with E-state index in [0.29, 0.717) is 16.5 Å². The van der Waals surface area contributed by atoms with E-state index in [1.807, 2.05) is 32.0 Å². The molecule has 2 atom stereocenters. The molecule has 7 heteroatoms. The highest BCUT2D eigenvalue weighted by Gasteiger charge is 2.24. The molecular weight excluding hydrogens is 389 g/mol. The third kappa shape index (κ3) is 5.62. The number of carbonyl (C=O) groups is 2. The van der Waals surface area contributed by atoms with Crippen LogP contribution in [-0.2, 0) is 14.3 Å². The number of para-hydroxylation sites is 1. The van der Waals surface area contributed by atoms with Crippen LogP contribution < -0.4 is 10.1 Å². The van der Waals surface area contributed by atoms with Gasteiger partial charge in [-0.2, -0.15) is 0 Å². The molecule has 27 heavy (non-hydrogen) atoms. The van der Waals surface area contributed by atoms with Crippen LogP contribution in [-0.4, -0.2) is 24.1 Å². The zero-order chi connectivity index (χ0) is 20.1. The zero-order valence-electron chi connectivity index (χ0n) is 15.5. The third-order valence-corrected chi connectivity index (χ3v) is 4.45. The molecule has 2 rings (SSSR count). The summed E-state index contributed by atoms with van der Waals surface area (Å²) in [5.74, 6) is -0.791. The van der Waals surface area contributed by atoms with Gasteiger partial charge in [-0.3, -0.25) is 4.79 Å². The molecule has 1 N–H and O–H groups in total. The van der Waals surface area contributed by atoms with Crippen molar-refractivity contribution in [3.63, 3.8) is 0 Å². The van der Waals surface area contributed by atoms with Crippen LogP contribution in [0.4, 0.5) is 5.69 Å². The van der Waals surface area contributed by atoms with E-state index in [0.717, 1.165) is 11.1 Å². The standard InChI is InChI=1S/C20H21Cl2NO4/c1-11-6-5-7-12(2)18(11)23-19(24)13(3)27-20(25)14(4)26-17-9-8-15(21)10-16(17)22/h5-10,13-14H,1-4H3,(H,23,24)/t13-,14+/m1/s1. The van der Waals surface area contributed by atoms with Gasteiger partial charge in [-0.25, -0.2) is 4.79 Å². The van der Waals surface area contributed by atoms with E-state index >= 15 is 0 Å². The van der Waals surface area contributed by atoms with Crippen LogP contribution in [0.2, 0.25) is 10.0 Å². The SMILES string of the molecule is Cc1cccc(C)c1NC(=O)[C@@H](C)OC(=O)[C@H](C)Oc1ccc(Cl)cc1Cl. The number of halogens is 2. The van der Waals surface area contributed by atoms with Gasteiger partial charge in [-0.05, 0) is 57.0 Å². The molecule has 0 saturated carbocycles. The van der Waals surface area contributed by atoms with E-state index in [2.05, 4.69) is 5.32 Å². The van der Waals surface area contributed by atoms with Crippen molar-refractivity contribution >= 4 is 40.8 Å². The van der Waals surface area contributed by atoms with Gasteiger partial charge >= 0.3 is 5.97 Å². The highest BCUT2D eigenvalue weighted by atomic mass is 35.5. The Morgan fingerprint density at radius 1 is 1.00 bits per heavy atom. The third-order valence-electron chi connectivity index (χ3n) is 3.92. The number of benzene rings is 2. The Balaban J connectivity index is 1.96. The fourth-order valence-corrected chi connectivity index (χ4v) is 2.82. The van der Waals surface area contributed by atoms with Gasteiger partial charge < -0.3 is 14.8 Å². The topological polar surface area (TPSA) is 64.6 Å². The van der Waals surface area contributed by atoms with Crippen molar-refractivity contribution in [2.75, 3.05) is 5.32 Å². The fraction of sp³-hybridized carbons (Fsp3) is 0.300. The van der Waals surface area contributed by atoms with Crippen molar-refractivity contribution in [2.45, 2.75) is 39.9 Å². The van der Waals surface area contributed by atoms with Gasteiger partial charge in [0, 0.05) is 10.7 Å². The average molecular weight is 410 g/mol. The molecule has 2 aromatic rings. The number of esters is 1. The molecular formula is C20H21Cl2NO4. The number of hydrogen-bond acceptors (Lipinski definition) is 4. The molecule has 0 bridgehead atoms. The highest BCUT2D eigenvalue weighted by Crippen LogP contribution is 2.28. The fourth-order valence-electron chi connectivity index (χ4n) is 2.37. The van der Waals surface area contributed by atoms with E-state index in [9.17, 15) is 9.59 Å². The second kappa shape index (κ2) is 9.11. The molecule has 0 unspecified atom stereocenters. The second-order valence-corrected chi connectivity index (χ2v) is 7.01. The lowest BCUT2D eigenvalue weighted by Crippen LogP contribution is -2.35. The van der Waals surface area contributed by atoms with Crippen LogP contribution in [0.15, 0.2) is 36.4 Å². The summed E-state index contributed by atoms with van der Waals surface area (Å²) >= 11 is 11.9. The lowest BCUT2D eigenvalue weighted by atomic mass is 10.1. The van der Waals surface area contributed by atoms with Crippen molar-refractivity contribution < 1.29 is 19.1 Å². The molecule has 0 radical (unpaired) electrons. The van der Waals surface area contributed by atoms with Crippen molar-refractivity contribution in [3.05, 3.63) is 57.6 Å². The number of amides is 1. The molecule has 0 fully saturated rings. The van der Waals surface area contributed by atoms with E-state index in [1.54, 1.807) is 12.1 Å². The summed E-state index contributed by atoms with van der Waals surface area (Å²) in [5.41, 5.74) is 2.56. The number of carbonyl (C=O) groups excluding carboxylic acids is 2. The summed E-state index contributed by atoms with van der Waals surface area (Å²) in [5, 5.41) is 3.53. The summed E-state index contributed by atoms with van der Waals surface area (Å²) in [6.45, 7) is 6.81. The van der Waals surface area contributed by atoms with E-state index in [-0.39, 0.29) is 5.02 Å². The number of rotatable bonds is 6. The summed E-state index contributed by atoms with van der Waals surface area (Å²) in [4.78, 5) is 24.6. The molecule has 0 aliphatic heterocycles. The Hall–Kier alpha value is -2.24. The minimum absolute atomic E-state index is 0.281. The number of nitrogens with one attached hydrogen (secondary N) is 1. The molecule has 0 aliphatic carbocycles. The Kier molecular flexibility index (Phi) is 7.11. The lowest BCUT2D eigenvalue weighted by Gasteiger charge is -2.19. The number of ether oxygens (including phenoxy) is 2. The largest absolute Gasteiger partial charge is 0.477 e. The summed E-state index contributed by atoms with van der Waals surface area (Å²) in [6, 6.07) is 10.4. The predicted octanol–water partition coefficient (Wildman–Crippen LogP) is 4.95. The van der Waals surface area contributed by atoms with Crippen LogP contribution in [0, 0.1) is 13.8 Å². The summed E-state index contributed by atoms with van der Waals surface area (Å²) in [6.07, 6.45) is -1.93. The van der Waals surface area contributed by atoms with Gasteiger partial charge in [0.05, 0.1) is 5.02 Å². The normalized spacial score (nSPS) is 12.8. The van der Waals surface area contributed by atoms with Crippen LogP contribution >= 0.6 is 23.2 Å². The van der Waals surface area contributed by atoms with Crippen LogP contribution in [0.3, 0.4) is 0 Å². The molecule has 0 aliphatic rings. The lowest BCUT2D eigenvalue weighted by molar-refractivity contribution is -0.159. The Bertz CT molecular complexity index is 834. The Morgan fingerprint density at radius 3 is 2.22 bits per heavy atom. The van der Waals surface area contributed by atoms with Crippen molar-refractivity contribution in [2.24, 2.45) is 0 Å². The van der Waals surface area contributed by atoms with Gasteiger partial charge in [-0.1, -0.05) is 41.4 Å². The minimum atomic E-state index is -0.983. The van der Waals surface area contributed by atoms with E-state index in [4.69, 9.17) is 32.7 Å². The van der Waals surface area contributed by atoms with E-state index in [1.165, 1.54) is 19.9 Å². The summed E-state index contributed by atoms with van der Waals surface area (Å²) < 4.78 is 10.7. The van der Waals surface area contributed by atoms with Crippen LogP contribution in [0.25, 0.3) is 0 Å². The number of aryl methyl sites for hydroxylation is 2. The monoisotopic (exact) mass is 409 g/mol. The maximum absolute atomic E-state index is 12.4. The molecule has 5 nitrogen and oxygen atoms in total. The van der Waals surface area contributed by atoms with Gasteiger partial charge in [0.15, 0.2) is 12.2 Å². The van der Waals surface area contributed by atoms with Gasteiger partial charge in [0.2, 0.25) is 0 Å². The molecule has 2 aromatic carbocycles.